The summed E-state index contributed by atoms with van der Waals surface area (Å²) in [6.07, 6.45) is 0. The first-order chi connectivity index (χ1) is 7.39. The van der Waals surface area contributed by atoms with Gasteiger partial charge in [0.1, 0.15) is 5.75 Å². The molecule has 4 nitrogen and oxygen atoms in total. The molecule has 1 aromatic rings. The van der Waals surface area contributed by atoms with Crippen LogP contribution in [0.5, 0.6) is 5.75 Å². The Labute approximate surface area is 107 Å². The van der Waals surface area contributed by atoms with Gasteiger partial charge in [-0.2, -0.15) is 0 Å². The van der Waals surface area contributed by atoms with E-state index in [-0.39, 0.29) is 24.1 Å². The minimum atomic E-state index is -0.831. The Morgan fingerprint density at radius 1 is 1.47 bits per heavy atom. The van der Waals surface area contributed by atoms with Gasteiger partial charge in [0.05, 0.1) is 12.5 Å². The Bertz CT molecular complexity index is 393. The summed E-state index contributed by atoms with van der Waals surface area (Å²) < 4.78 is 4.71. The van der Waals surface area contributed by atoms with E-state index in [4.69, 9.17) is 10.5 Å². The standard InChI is InChI=1S/C12H17NO3.ClH/c1-12(2,11(15)16-3)10(13)8-5-4-6-9(14)7-8;/h4-7,10,14H,13H2,1-3H3;1H/t10-;/m0./s1. The number of esters is 1. The Morgan fingerprint density at radius 3 is 2.53 bits per heavy atom. The van der Waals surface area contributed by atoms with Crippen molar-refractivity contribution in [2.45, 2.75) is 19.9 Å². The molecule has 0 radical (unpaired) electrons. The second kappa shape index (κ2) is 5.89. The predicted octanol–water partition coefficient (Wildman–Crippen LogP) is 2.01. The van der Waals surface area contributed by atoms with Gasteiger partial charge in [-0.15, -0.1) is 12.4 Å². The van der Waals surface area contributed by atoms with Crippen molar-refractivity contribution < 1.29 is 14.6 Å². The van der Waals surface area contributed by atoms with E-state index in [1.54, 1.807) is 38.1 Å². The molecular formula is C12H18ClNO3. The van der Waals surface area contributed by atoms with Crippen LogP contribution in [0.1, 0.15) is 25.5 Å². The van der Waals surface area contributed by atoms with Gasteiger partial charge in [-0.25, -0.2) is 0 Å². The molecule has 1 aromatic carbocycles. The topological polar surface area (TPSA) is 72.5 Å². The number of halogens is 1. The lowest BCUT2D eigenvalue weighted by atomic mass is 9.81. The van der Waals surface area contributed by atoms with Crippen LogP contribution >= 0.6 is 12.4 Å². The van der Waals surface area contributed by atoms with Gasteiger partial charge in [0.15, 0.2) is 0 Å². The van der Waals surface area contributed by atoms with Crippen molar-refractivity contribution >= 4 is 18.4 Å². The van der Waals surface area contributed by atoms with Crippen LogP contribution in [-0.2, 0) is 9.53 Å². The lowest BCUT2D eigenvalue weighted by Crippen LogP contribution is -2.37. The van der Waals surface area contributed by atoms with Crippen molar-refractivity contribution in [3.8, 4) is 5.75 Å². The summed E-state index contributed by atoms with van der Waals surface area (Å²) in [6.45, 7) is 3.43. The number of ether oxygens (including phenoxy) is 1. The fraction of sp³-hybridized carbons (Fsp3) is 0.417. The summed E-state index contributed by atoms with van der Waals surface area (Å²) in [7, 11) is 1.33. The molecule has 0 aliphatic rings. The second-order valence-corrected chi connectivity index (χ2v) is 4.29. The SMILES string of the molecule is COC(=O)C(C)(C)[C@@H](N)c1cccc(O)c1.Cl. The Kier molecular flexibility index (Phi) is 5.45. The highest BCUT2D eigenvalue weighted by atomic mass is 35.5. The fourth-order valence-corrected chi connectivity index (χ4v) is 1.52. The molecule has 0 unspecified atom stereocenters. The number of rotatable bonds is 3. The number of carbonyl (C=O) groups excluding carboxylic acids is 1. The third-order valence-electron chi connectivity index (χ3n) is 2.72. The molecule has 0 amide bonds. The smallest absolute Gasteiger partial charge is 0.313 e. The maximum absolute atomic E-state index is 11.6. The summed E-state index contributed by atoms with van der Waals surface area (Å²) in [6, 6.07) is 6.05. The van der Waals surface area contributed by atoms with Crippen LogP contribution in [0.4, 0.5) is 0 Å². The zero-order valence-corrected chi connectivity index (χ0v) is 11.0. The second-order valence-electron chi connectivity index (χ2n) is 4.29. The molecule has 17 heavy (non-hydrogen) atoms. The molecule has 0 heterocycles. The van der Waals surface area contributed by atoms with Gasteiger partial charge in [0.2, 0.25) is 0 Å². The number of benzene rings is 1. The van der Waals surface area contributed by atoms with Crippen LogP contribution in [0.2, 0.25) is 0 Å². The largest absolute Gasteiger partial charge is 0.508 e. The quantitative estimate of drug-likeness (QED) is 0.815. The van der Waals surface area contributed by atoms with E-state index in [1.165, 1.54) is 7.11 Å². The van der Waals surface area contributed by atoms with Crippen molar-refractivity contribution in [2.75, 3.05) is 7.11 Å². The normalized spacial score (nSPS) is 12.5. The van der Waals surface area contributed by atoms with E-state index in [2.05, 4.69) is 0 Å². The van der Waals surface area contributed by atoms with Crippen LogP contribution < -0.4 is 5.73 Å². The molecule has 3 N–H and O–H groups in total. The van der Waals surface area contributed by atoms with Crippen molar-refractivity contribution in [1.82, 2.24) is 0 Å². The molecule has 1 rings (SSSR count). The first kappa shape index (κ1) is 15.7. The molecule has 5 heteroatoms. The third-order valence-corrected chi connectivity index (χ3v) is 2.72. The molecule has 0 saturated carbocycles. The maximum Gasteiger partial charge on any atom is 0.313 e. The number of phenolic OH excluding ortho intramolecular Hbond substituents is 1. The van der Waals surface area contributed by atoms with Crippen molar-refractivity contribution in [1.29, 1.82) is 0 Å². The number of methoxy groups -OCH3 is 1. The van der Waals surface area contributed by atoms with Crippen molar-refractivity contribution in [3.05, 3.63) is 29.8 Å². The van der Waals surface area contributed by atoms with Gasteiger partial charge in [-0.1, -0.05) is 12.1 Å². The van der Waals surface area contributed by atoms with Gasteiger partial charge in [-0.05, 0) is 31.5 Å². The van der Waals surface area contributed by atoms with Gasteiger partial charge >= 0.3 is 5.97 Å². The molecule has 0 aliphatic heterocycles. The highest BCUT2D eigenvalue weighted by molar-refractivity contribution is 5.85. The fourth-order valence-electron chi connectivity index (χ4n) is 1.52. The highest BCUT2D eigenvalue weighted by Gasteiger charge is 2.36. The first-order valence-electron chi connectivity index (χ1n) is 5.02. The summed E-state index contributed by atoms with van der Waals surface area (Å²) in [5.41, 5.74) is 5.88. The maximum atomic E-state index is 11.6. The van der Waals surface area contributed by atoms with Gasteiger partial charge in [0.25, 0.3) is 0 Å². The van der Waals surface area contributed by atoms with Crippen molar-refractivity contribution in [2.24, 2.45) is 11.1 Å². The summed E-state index contributed by atoms with van der Waals surface area (Å²) in [5.74, 6) is -0.239. The number of aromatic hydroxyl groups is 1. The molecule has 0 aliphatic carbocycles. The number of hydrogen-bond donors (Lipinski definition) is 2. The zero-order chi connectivity index (χ0) is 12.3. The van der Waals surface area contributed by atoms with Crippen LogP contribution in [0.3, 0.4) is 0 Å². The van der Waals surface area contributed by atoms with Crippen LogP contribution in [0.25, 0.3) is 0 Å². The molecular weight excluding hydrogens is 242 g/mol. The average molecular weight is 260 g/mol. The van der Waals surface area contributed by atoms with E-state index >= 15 is 0 Å². The van der Waals surface area contributed by atoms with Crippen LogP contribution in [0.15, 0.2) is 24.3 Å². The van der Waals surface area contributed by atoms with E-state index in [9.17, 15) is 9.90 Å². The lowest BCUT2D eigenvalue weighted by Gasteiger charge is -2.28. The van der Waals surface area contributed by atoms with Crippen molar-refractivity contribution in [3.63, 3.8) is 0 Å². The van der Waals surface area contributed by atoms with E-state index < -0.39 is 11.5 Å². The first-order valence-corrected chi connectivity index (χ1v) is 5.02. The number of carbonyl (C=O) groups is 1. The third kappa shape index (κ3) is 3.35. The van der Waals surface area contributed by atoms with E-state index in [1.807, 2.05) is 0 Å². The minimum absolute atomic E-state index is 0. The predicted molar refractivity (Wildman–Crippen MR) is 68.1 cm³/mol. The molecule has 0 saturated heterocycles. The molecule has 0 fully saturated rings. The summed E-state index contributed by atoms with van der Waals surface area (Å²) in [5, 5.41) is 9.35. The van der Waals surface area contributed by atoms with Gasteiger partial charge < -0.3 is 15.6 Å². The Balaban J connectivity index is 0.00000256. The average Bonchev–Trinajstić information content (AvgIpc) is 2.26. The minimum Gasteiger partial charge on any atom is -0.508 e. The highest BCUT2D eigenvalue weighted by Crippen LogP contribution is 2.33. The number of phenols is 1. The Morgan fingerprint density at radius 2 is 2.06 bits per heavy atom. The van der Waals surface area contributed by atoms with E-state index in [0.717, 1.165) is 0 Å². The summed E-state index contributed by atoms with van der Waals surface area (Å²) in [4.78, 5) is 11.6. The molecule has 0 bridgehead atoms. The molecule has 1 atom stereocenters. The number of nitrogens with two attached hydrogens (primary N) is 1. The number of hydrogen-bond acceptors (Lipinski definition) is 4. The molecule has 0 aromatic heterocycles. The lowest BCUT2D eigenvalue weighted by molar-refractivity contribution is -0.152. The van der Waals surface area contributed by atoms with Crippen LogP contribution in [-0.4, -0.2) is 18.2 Å². The molecule has 0 spiro atoms. The van der Waals surface area contributed by atoms with Gasteiger partial charge in [-0.3, -0.25) is 4.79 Å². The zero-order valence-electron chi connectivity index (χ0n) is 10.1. The molecule has 96 valence electrons. The monoisotopic (exact) mass is 259 g/mol. The Hall–Kier alpha value is -1.26. The van der Waals surface area contributed by atoms with E-state index in [0.29, 0.717) is 5.56 Å². The summed E-state index contributed by atoms with van der Waals surface area (Å²) >= 11 is 0. The van der Waals surface area contributed by atoms with Crippen LogP contribution in [0, 0.1) is 5.41 Å². The van der Waals surface area contributed by atoms with Gasteiger partial charge in [0, 0.05) is 6.04 Å².